The Kier molecular flexibility index (Phi) is 12.1. The molecule has 0 aliphatic rings. The molecule has 1 rings (SSSR count). The van der Waals surface area contributed by atoms with E-state index in [1.807, 2.05) is 0 Å². The molecule has 0 aliphatic heterocycles. The van der Waals surface area contributed by atoms with Crippen LogP contribution in [0.1, 0.15) is 52.7 Å². The Balaban J connectivity index is 0.00000529. The summed E-state index contributed by atoms with van der Waals surface area (Å²) in [5.74, 6) is 1.44. The smallest absolute Gasteiger partial charge is 0.191 e. The first-order valence-corrected chi connectivity index (χ1v) is 8.66. The van der Waals surface area contributed by atoms with Gasteiger partial charge in [0, 0.05) is 12.6 Å². The molecule has 1 aromatic rings. The maximum atomic E-state index is 5.62. The Morgan fingerprint density at radius 1 is 1.04 bits per heavy atom. The highest BCUT2D eigenvalue weighted by Gasteiger charge is 2.08. The number of ether oxygens (including phenoxy) is 1. The van der Waals surface area contributed by atoms with E-state index < -0.39 is 0 Å². The van der Waals surface area contributed by atoms with E-state index in [2.05, 4.69) is 81.4 Å². The van der Waals surface area contributed by atoms with Gasteiger partial charge in [-0.15, -0.1) is 24.0 Å². The van der Waals surface area contributed by atoms with Crippen LogP contribution in [0.25, 0.3) is 0 Å². The van der Waals surface area contributed by atoms with Crippen LogP contribution in [0.4, 0.5) is 0 Å². The predicted octanol–water partition coefficient (Wildman–Crippen LogP) is 4.33. The second kappa shape index (κ2) is 12.5. The van der Waals surface area contributed by atoms with E-state index >= 15 is 0 Å². The molecule has 1 atom stereocenters. The van der Waals surface area contributed by atoms with Crippen molar-refractivity contribution in [1.82, 2.24) is 10.6 Å². The molecule has 0 saturated carbocycles. The van der Waals surface area contributed by atoms with Crippen molar-refractivity contribution in [2.45, 2.75) is 66.8 Å². The van der Waals surface area contributed by atoms with E-state index in [-0.39, 0.29) is 30.1 Å². The van der Waals surface area contributed by atoms with Crippen LogP contribution in [-0.4, -0.2) is 24.7 Å². The van der Waals surface area contributed by atoms with Gasteiger partial charge in [0.1, 0.15) is 0 Å². The zero-order chi connectivity index (χ0) is 17.2. The van der Waals surface area contributed by atoms with Gasteiger partial charge < -0.3 is 15.4 Å². The minimum absolute atomic E-state index is 0. The van der Waals surface area contributed by atoms with Crippen molar-refractivity contribution >= 4 is 29.9 Å². The summed E-state index contributed by atoms with van der Waals surface area (Å²) in [4.78, 5) is 4.67. The maximum Gasteiger partial charge on any atom is 0.191 e. The Bertz CT molecular complexity index is 472. The molecule has 0 saturated heterocycles. The van der Waals surface area contributed by atoms with E-state index in [4.69, 9.17) is 4.74 Å². The molecule has 5 heteroatoms. The van der Waals surface area contributed by atoms with Crippen LogP contribution in [0.3, 0.4) is 0 Å². The third-order valence-electron chi connectivity index (χ3n) is 3.73. The highest BCUT2D eigenvalue weighted by atomic mass is 127. The molecule has 0 amide bonds. The quantitative estimate of drug-likeness (QED) is 0.354. The molecule has 138 valence electrons. The fourth-order valence-corrected chi connectivity index (χ4v) is 1.88. The Labute approximate surface area is 164 Å². The Hall–Kier alpha value is -0.820. The monoisotopic (exact) mass is 447 g/mol. The van der Waals surface area contributed by atoms with E-state index in [9.17, 15) is 0 Å². The van der Waals surface area contributed by atoms with Gasteiger partial charge >= 0.3 is 0 Å². The van der Waals surface area contributed by atoms with Crippen molar-refractivity contribution in [2.24, 2.45) is 10.9 Å². The predicted molar refractivity (Wildman–Crippen MR) is 114 cm³/mol. The van der Waals surface area contributed by atoms with Gasteiger partial charge in [0.25, 0.3) is 0 Å². The fourth-order valence-electron chi connectivity index (χ4n) is 1.88. The lowest BCUT2D eigenvalue weighted by Crippen LogP contribution is -2.44. The third kappa shape index (κ3) is 9.47. The van der Waals surface area contributed by atoms with Gasteiger partial charge in [-0.25, -0.2) is 4.99 Å². The minimum atomic E-state index is 0. The van der Waals surface area contributed by atoms with Gasteiger partial charge in [0.05, 0.1) is 19.3 Å². The molecule has 0 aliphatic carbocycles. The third-order valence-corrected chi connectivity index (χ3v) is 3.73. The summed E-state index contributed by atoms with van der Waals surface area (Å²) in [6.07, 6.45) is 0.260. The van der Waals surface area contributed by atoms with Gasteiger partial charge in [-0.3, -0.25) is 0 Å². The summed E-state index contributed by atoms with van der Waals surface area (Å²) in [5, 5.41) is 6.75. The Morgan fingerprint density at radius 3 is 2.12 bits per heavy atom. The van der Waals surface area contributed by atoms with Crippen LogP contribution in [0.5, 0.6) is 0 Å². The van der Waals surface area contributed by atoms with Crippen LogP contribution in [0, 0.1) is 5.92 Å². The van der Waals surface area contributed by atoms with Gasteiger partial charge in [-0.2, -0.15) is 0 Å². The number of rotatable bonds is 8. The molecular weight excluding hydrogens is 413 g/mol. The second-order valence-electron chi connectivity index (χ2n) is 6.55. The molecule has 0 aromatic heterocycles. The number of hydrogen-bond donors (Lipinski definition) is 2. The minimum Gasteiger partial charge on any atom is -0.374 e. The van der Waals surface area contributed by atoms with Crippen LogP contribution in [0.2, 0.25) is 0 Å². The van der Waals surface area contributed by atoms with Gasteiger partial charge in [0.15, 0.2) is 5.96 Å². The highest BCUT2D eigenvalue weighted by molar-refractivity contribution is 14.0. The highest BCUT2D eigenvalue weighted by Crippen LogP contribution is 2.08. The molecule has 0 fully saturated rings. The average Bonchev–Trinajstić information content (AvgIpc) is 2.51. The first-order valence-electron chi connectivity index (χ1n) is 8.66. The lowest BCUT2D eigenvalue weighted by Gasteiger charge is -2.20. The molecule has 4 nitrogen and oxygen atoms in total. The molecule has 0 heterocycles. The zero-order valence-corrected chi connectivity index (χ0v) is 18.3. The number of nitrogens with one attached hydrogen (secondary N) is 2. The first kappa shape index (κ1) is 23.2. The lowest BCUT2D eigenvalue weighted by atomic mass is 10.1. The standard InChI is InChI=1S/C19H33N3O.HI/c1-7-20-19(22-16(6)14(2)3)21-12-17-8-10-18(11-9-17)13-23-15(4)5;/h8-11,14-16H,7,12-13H2,1-6H3,(H2,20,21,22);1H. The SMILES string of the molecule is CCNC(=NCc1ccc(COC(C)C)cc1)NC(C)C(C)C.I. The molecule has 1 unspecified atom stereocenters. The normalized spacial score (nSPS) is 12.9. The van der Waals surface area contributed by atoms with Gasteiger partial charge in [-0.05, 0) is 44.7 Å². The lowest BCUT2D eigenvalue weighted by molar-refractivity contribution is 0.0657. The molecule has 0 radical (unpaired) electrons. The summed E-state index contributed by atoms with van der Waals surface area (Å²) in [6, 6.07) is 8.87. The molecule has 2 N–H and O–H groups in total. The summed E-state index contributed by atoms with van der Waals surface area (Å²) in [5.41, 5.74) is 2.40. The number of benzene rings is 1. The van der Waals surface area contributed by atoms with E-state index in [0.717, 1.165) is 12.5 Å². The van der Waals surface area contributed by atoms with Crippen molar-refractivity contribution in [2.75, 3.05) is 6.54 Å². The second-order valence-corrected chi connectivity index (χ2v) is 6.55. The fraction of sp³-hybridized carbons (Fsp3) is 0.632. The summed E-state index contributed by atoms with van der Waals surface area (Å²) >= 11 is 0. The zero-order valence-electron chi connectivity index (χ0n) is 15.9. The number of nitrogens with zero attached hydrogens (tertiary/aromatic N) is 1. The van der Waals surface area contributed by atoms with E-state index in [0.29, 0.717) is 25.1 Å². The van der Waals surface area contributed by atoms with Gasteiger partial charge in [-0.1, -0.05) is 38.1 Å². The van der Waals surface area contributed by atoms with Crippen LogP contribution < -0.4 is 10.6 Å². The molecular formula is C19H34IN3O. The number of halogens is 1. The van der Waals surface area contributed by atoms with E-state index in [1.165, 1.54) is 11.1 Å². The van der Waals surface area contributed by atoms with E-state index in [1.54, 1.807) is 0 Å². The van der Waals surface area contributed by atoms with Crippen molar-refractivity contribution in [3.8, 4) is 0 Å². The summed E-state index contributed by atoms with van der Waals surface area (Å²) in [6.45, 7) is 15.0. The molecule has 0 bridgehead atoms. The number of hydrogen-bond acceptors (Lipinski definition) is 2. The van der Waals surface area contributed by atoms with Crippen molar-refractivity contribution in [3.63, 3.8) is 0 Å². The van der Waals surface area contributed by atoms with Crippen molar-refractivity contribution in [1.29, 1.82) is 0 Å². The van der Waals surface area contributed by atoms with Crippen LogP contribution in [0.15, 0.2) is 29.3 Å². The van der Waals surface area contributed by atoms with Crippen LogP contribution >= 0.6 is 24.0 Å². The summed E-state index contributed by atoms with van der Waals surface area (Å²) in [7, 11) is 0. The topological polar surface area (TPSA) is 45.7 Å². The number of guanidine groups is 1. The first-order chi connectivity index (χ1) is 10.9. The maximum absolute atomic E-state index is 5.62. The summed E-state index contributed by atoms with van der Waals surface area (Å²) < 4.78 is 5.62. The van der Waals surface area contributed by atoms with Crippen LogP contribution in [-0.2, 0) is 17.9 Å². The average molecular weight is 447 g/mol. The largest absolute Gasteiger partial charge is 0.374 e. The number of aliphatic imine (C=N–C) groups is 1. The Morgan fingerprint density at radius 2 is 1.62 bits per heavy atom. The molecule has 24 heavy (non-hydrogen) atoms. The van der Waals surface area contributed by atoms with Crippen molar-refractivity contribution < 1.29 is 4.74 Å². The van der Waals surface area contributed by atoms with Crippen molar-refractivity contribution in [3.05, 3.63) is 35.4 Å². The molecule has 0 spiro atoms. The van der Waals surface area contributed by atoms with Gasteiger partial charge in [0.2, 0.25) is 0 Å². The molecule has 1 aromatic carbocycles.